The first-order chi connectivity index (χ1) is 10.9. The van der Waals surface area contributed by atoms with Crippen LogP contribution in [0.4, 0.5) is 0 Å². The Kier molecular flexibility index (Phi) is 5.02. The molecule has 0 aliphatic carbocycles. The highest BCUT2D eigenvalue weighted by molar-refractivity contribution is 5.76. The van der Waals surface area contributed by atoms with Gasteiger partial charge in [0, 0.05) is 33.1 Å². The Bertz CT molecular complexity index is 830. The molecule has 23 heavy (non-hydrogen) atoms. The summed E-state index contributed by atoms with van der Waals surface area (Å²) in [6.07, 6.45) is 3.69. The minimum atomic E-state index is -0.418. The summed E-state index contributed by atoms with van der Waals surface area (Å²) in [6, 6.07) is 0.140. The monoisotopic (exact) mass is 321 g/mol. The van der Waals surface area contributed by atoms with Crippen molar-refractivity contribution in [2.75, 3.05) is 0 Å². The van der Waals surface area contributed by atoms with Gasteiger partial charge >= 0.3 is 5.69 Å². The lowest BCUT2D eigenvalue weighted by Crippen LogP contribution is -2.37. The maximum atomic E-state index is 12.3. The van der Waals surface area contributed by atoms with Crippen LogP contribution in [0.15, 0.2) is 15.9 Å². The largest absolute Gasteiger partial charge is 0.354 e. The van der Waals surface area contributed by atoms with Crippen molar-refractivity contribution in [2.24, 2.45) is 14.1 Å². The molecule has 1 N–H and O–H groups in total. The minimum absolute atomic E-state index is 0.0607. The van der Waals surface area contributed by atoms with E-state index >= 15 is 0 Å². The second kappa shape index (κ2) is 6.80. The zero-order valence-electron chi connectivity index (χ0n) is 14.0. The van der Waals surface area contributed by atoms with Crippen LogP contribution in [-0.2, 0) is 25.4 Å². The third-order valence-corrected chi connectivity index (χ3v) is 3.93. The second-order valence-corrected chi connectivity index (χ2v) is 5.82. The number of rotatable bonds is 6. The fourth-order valence-electron chi connectivity index (χ4n) is 2.64. The molecule has 8 heteroatoms. The van der Waals surface area contributed by atoms with Gasteiger partial charge in [0.25, 0.3) is 5.56 Å². The molecule has 0 spiro atoms. The summed E-state index contributed by atoms with van der Waals surface area (Å²) in [5.41, 5.74) is -0.152. The molecule has 2 rings (SSSR count). The van der Waals surface area contributed by atoms with E-state index in [1.807, 2.05) is 6.92 Å². The maximum Gasteiger partial charge on any atom is 0.332 e. The Morgan fingerprint density at radius 2 is 2.00 bits per heavy atom. The van der Waals surface area contributed by atoms with E-state index in [0.29, 0.717) is 17.7 Å². The molecule has 2 aromatic heterocycles. The molecule has 1 amide bonds. The lowest BCUT2D eigenvalue weighted by atomic mass is 10.2. The van der Waals surface area contributed by atoms with Gasteiger partial charge < -0.3 is 9.88 Å². The van der Waals surface area contributed by atoms with Gasteiger partial charge in [-0.15, -0.1) is 0 Å². The molecule has 126 valence electrons. The third kappa shape index (κ3) is 3.35. The van der Waals surface area contributed by atoms with Gasteiger partial charge in [0.15, 0.2) is 11.2 Å². The summed E-state index contributed by atoms with van der Waals surface area (Å²) >= 11 is 0. The number of imidazole rings is 1. The predicted octanol–water partition coefficient (Wildman–Crippen LogP) is 0.129. The summed E-state index contributed by atoms with van der Waals surface area (Å²) < 4.78 is 4.00. The summed E-state index contributed by atoms with van der Waals surface area (Å²) in [6.45, 7) is 4.38. The molecule has 2 aromatic rings. The summed E-state index contributed by atoms with van der Waals surface area (Å²) in [5, 5.41) is 2.93. The number of aryl methyl sites for hydroxylation is 2. The molecule has 1 atom stereocenters. The smallest absolute Gasteiger partial charge is 0.332 e. The van der Waals surface area contributed by atoms with E-state index in [9.17, 15) is 14.4 Å². The van der Waals surface area contributed by atoms with Gasteiger partial charge in [-0.25, -0.2) is 9.78 Å². The van der Waals surface area contributed by atoms with Crippen LogP contribution in [0.25, 0.3) is 11.2 Å². The lowest BCUT2D eigenvalue weighted by molar-refractivity contribution is -0.121. The molecule has 0 bridgehead atoms. The van der Waals surface area contributed by atoms with Crippen LogP contribution < -0.4 is 16.6 Å². The molecular weight excluding hydrogens is 298 g/mol. The Morgan fingerprint density at radius 1 is 1.30 bits per heavy atom. The number of fused-ring (bicyclic) bond motifs is 1. The highest BCUT2D eigenvalue weighted by Gasteiger charge is 2.15. The molecular formula is C15H23N5O3. The average Bonchev–Trinajstić information content (AvgIpc) is 2.93. The van der Waals surface area contributed by atoms with E-state index in [1.165, 1.54) is 17.9 Å². The van der Waals surface area contributed by atoms with Crippen LogP contribution >= 0.6 is 0 Å². The number of carbonyl (C=O) groups is 1. The molecule has 0 aliphatic heterocycles. The van der Waals surface area contributed by atoms with E-state index in [-0.39, 0.29) is 18.4 Å². The van der Waals surface area contributed by atoms with Crippen molar-refractivity contribution >= 4 is 17.1 Å². The summed E-state index contributed by atoms with van der Waals surface area (Å²) in [5.74, 6) is -0.0607. The topological polar surface area (TPSA) is 90.9 Å². The molecule has 8 nitrogen and oxygen atoms in total. The van der Waals surface area contributed by atoms with Crippen molar-refractivity contribution < 1.29 is 4.79 Å². The first-order valence-electron chi connectivity index (χ1n) is 7.77. The van der Waals surface area contributed by atoms with Crippen molar-refractivity contribution in [1.29, 1.82) is 0 Å². The van der Waals surface area contributed by atoms with Gasteiger partial charge in [-0.2, -0.15) is 0 Å². The van der Waals surface area contributed by atoms with Gasteiger partial charge in [-0.05, 0) is 13.3 Å². The van der Waals surface area contributed by atoms with Gasteiger partial charge in [0.2, 0.25) is 5.91 Å². The van der Waals surface area contributed by atoms with Gasteiger partial charge in [-0.3, -0.25) is 18.7 Å². The normalized spacial score (nSPS) is 12.5. The zero-order valence-corrected chi connectivity index (χ0v) is 14.0. The number of hydrogen-bond donors (Lipinski definition) is 1. The summed E-state index contributed by atoms with van der Waals surface area (Å²) in [7, 11) is 3.00. The number of carbonyl (C=O) groups excluding carboxylic acids is 1. The second-order valence-electron chi connectivity index (χ2n) is 5.82. The Hall–Kier alpha value is -2.38. The van der Waals surface area contributed by atoms with Gasteiger partial charge in [0.1, 0.15) is 0 Å². The fourth-order valence-corrected chi connectivity index (χ4v) is 2.64. The average molecular weight is 321 g/mol. The van der Waals surface area contributed by atoms with Crippen LogP contribution in [0.3, 0.4) is 0 Å². The first kappa shape index (κ1) is 17.0. The summed E-state index contributed by atoms with van der Waals surface area (Å²) in [4.78, 5) is 40.2. The molecule has 0 saturated carbocycles. The van der Waals surface area contributed by atoms with Gasteiger partial charge in [-0.1, -0.05) is 13.3 Å². The predicted molar refractivity (Wildman–Crippen MR) is 87.3 cm³/mol. The van der Waals surface area contributed by atoms with Gasteiger partial charge in [0.05, 0.1) is 6.33 Å². The van der Waals surface area contributed by atoms with E-state index in [0.717, 1.165) is 17.4 Å². The van der Waals surface area contributed by atoms with Crippen LogP contribution in [0.1, 0.15) is 33.1 Å². The number of nitrogens with one attached hydrogen (secondary N) is 1. The highest BCUT2D eigenvalue weighted by Crippen LogP contribution is 2.06. The van der Waals surface area contributed by atoms with Crippen LogP contribution in [0.2, 0.25) is 0 Å². The zero-order chi connectivity index (χ0) is 17.1. The van der Waals surface area contributed by atoms with Crippen molar-refractivity contribution in [3.8, 4) is 0 Å². The molecule has 2 heterocycles. The number of nitrogens with zero attached hydrogens (tertiary/aromatic N) is 4. The van der Waals surface area contributed by atoms with Crippen LogP contribution in [0, 0.1) is 0 Å². The number of hydrogen-bond acceptors (Lipinski definition) is 4. The minimum Gasteiger partial charge on any atom is -0.354 e. The third-order valence-electron chi connectivity index (χ3n) is 3.93. The Balaban J connectivity index is 2.21. The van der Waals surface area contributed by atoms with Crippen LogP contribution in [-0.4, -0.2) is 30.6 Å². The standard InChI is InChI=1S/C15H23N5O3/c1-5-6-10(2)17-11(21)7-8-20-9-16-13-12(20)14(22)19(4)15(23)18(13)3/h9-10H,5-8H2,1-4H3,(H,17,21)/t10-/m0/s1. The molecule has 0 fully saturated rings. The molecule has 0 radical (unpaired) electrons. The first-order valence-corrected chi connectivity index (χ1v) is 7.77. The van der Waals surface area contributed by atoms with Crippen LogP contribution in [0.5, 0.6) is 0 Å². The lowest BCUT2D eigenvalue weighted by Gasteiger charge is -2.13. The fraction of sp³-hybridized carbons (Fsp3) is 0.600. The maximum absolute atomic E-state index is 12.3. The molecule has 0 saturated heterocycles. The van der Waals surface area contributed by atoms with E-state index in [2.05, 4.69) is 17.2 Å². The van der Waals surface area contributed by atoms with E-state index < -0.39 is 11.2 Å². The van der Waals surface area contributed by atoms with Crippen molar-refractivity contribution in [3.63, 3.8) is 0 Å². The van der Waals surface area contributed by atoms with Crippen molar-refractivity contribution in [1.82, 2.24) is 24.0 Å². The number of aromatic nitrogens is 4. The number of amides is 1. The van der Waals surface area contributed by atoms with Crippen molar-refractivity contribution in [3.05, 3.63) is 27.2 Å². The van der Waals surface area contributed by atoms with E-state index in [4.69, 9.17) is 0 Å². The highest BCUT2D eigenvalue weighted by atomic mass is 16.2. The van der Waals surface area contributed by atoms with E-state index in [1.54, 1.807) is 11.6 Å². The molecule has 0 aromatic carbocycles. The Labute approximate surface area is 133 Å². The van der Waals surface area contributed by atoms with Crippen molar-refractivity contribution in [2.45, 2.75) is 45.7 Å². The molecule has 0 aliphatic rings. The Morgan fingerprint density at radius 3 is 2.65 bits per heavy atom. The SMILES string of the molecule is CCC[C@H](C)NC(=O)CCn1cnc2c1c(=O)n(C)c(=O)n2C. The quantitative estimate of drug-likeness (QED) is 0.818. The molecule has 0 unspecified atom stereocenters.